The highest BCUT2D eigenvalue weighted by molar-refractivity contribution is 5.92. The molecule has 2 aliphatic carbocycles. The van der Waals surface area contributed by atoms with Gasteiger partial charge in [0.05, 0.1) is 12.1 Å². The van der Waals surface area contributed by atoms with Gasteiger partial charge in [0.2, 0.25) is 0 Å². The highest BCUT2D eigenvalue weighted by Crippen LogP contribution is 2.45. The van der Waals surface area contributed by atoms with E-state index in [0.717, 1.165) is 0 Å². The van der Waals surface area contributed by atoms with Crippen LogP contribution in [0.2, 0.25) is 0 Å². The molecule has 2 aromatic rings. The van der Waals surface area contributed by atoms with E-state index in [2.05, 4.69) is 96.0 Å². The van der Waals surface area contributed by atoms with E-state index >= 15 is 0 Å². The van der Waals surface area contributed by atoms with Gasteiger partial charge in [0.15, 0.2) is 0 Å². The van der Waals surface area contributed by atoms with E-state index in [1.54, 1.807) is 0 Å². The number of nitrogens with zero attached hydrogens (tertiary/aromatic N) is 1. The molecule has 0 saturated heterocycles. The molecule has 1 heteroatoms. The minimum Gasteiger partial charge on any atom is -0.350 e. The zero-order valence-corrected chi connectivity index (χ0v) is 12.8. The molecule has 1 nitrogen and oxygen atoms in total. The van der Waals surface area contributed by atoms with Gasteiger partial charge in [0.25, 0.3) is 0 Å². The molecule has 2 unspecified atom stereocenters. The lowest BCUT2D eigenvalue weighted by Gasteiger charge is -2.33. The largest absolute Gasteiger partial charge is 0.350 e. The molecule has 0 spiro atoms. The van der Waals surface area contributed by atoms with E-state index in [4.69, 9.17) is 0 Å². The molecule has 0 radical (unpaired) electrons. The van der Waals surface area contributed by atoms with Crippen LogP contribution >= 0.6 is 0 Å². The normalized spacial score (nSPS) is 23.7. The van der Waals surface area contributed by atoms with Gasteiger partial charge < -0.3 is 4.90 Å². The number of anilines is 1. The fraction of sp³-hybridized carbons (Fsp3) is 0.0909. The highest BCUT2D eigenvalue weighted by atomic mass is 15.2. The summed E-state index contributed by atoms with van der Waals surface area (Å²) < 4.78 is 0. The van der Waals surface area contributed by atoms with Crippen LogP contribution in [0.4, 0.5) is 5.69 Å². The average Bonchev–Trinajstić information content (AvgIpc) is 2.97. The van der Waals surface area contributed by atoms with E-state index < -0.39 is 0 Å². The zero-order chi connectivity index (χ0) is 15.2. The van der Waals surface area contributed by atoms with Crippen LogP contribution in [-0.4, -0.2) is 12.1 Å². The summed E-state index contributed by atoms with van der Waals surface area (Å²) in [5, 5.41) is 0. The highest BCUT2D eigenvalue weighted by Gasteiger charge is 2.39. The van der Waals surface area contributed by atoms with Crippen molar-refractivity contribution in [2.75, 3.05) is 4.90 Å². The second-order valence-corrected chi connectivity index (χ2v) is 6.19. The molecular formula is C22H17N. The molecule has 0 N–H and O–H groups in total. The maximum Gasteiger partial charge on any atom is 0.0749 e. The van der Waals surface area contributed by atoms with E-state index in [1.165, 1.54) is 28.0 Å². The van der Waals surface area contributed by atoms with Crippen molar-refractivity contribution >= 4 is 17.3 Å². The van der Waals surface area contributed by atoms with Crippen molar-refractivity contribution in [3.05, 3.63) is 102 Å². The maximum absolute atomic E-state index is 2.52. The van der Waals surface area contributed by atoms with Crippen LogP contribution in [0, 0.1) is 0 Å². The van der Waals surface area contributed by atoms with Crippen LogP contribution in [0.25, 0.3) is 11.6 Å². The van der Waals surface area contributed by atoms with Gasteiger partial charge in [-0.25, -0.2) is 0 Å². The van der Waals surface area contributed by atoms with Gasteiger partial charge >= 0.3 is 0 Å². The second-order valence-electron chi connectivity index (χ2n) is 6.19. The summed E-state index contributed by atoms with van der Waals surface area (Å²) in [5.41, 5.74) is 6.86. The topological polar surface area (TPSA) is 3.24 Å². The lowest BCUT2D eigenvalue weighted by Crippen LogP contribution is -2.37. The summed E-state index contributed by atoms with van der Waals surface area (Å²) in [6.07, 6.45) is 13.5. The summed E-state index contributed by atoms with van der Waals surface area (Å²) in [5.74, 6) is 0. The first kappa shape index (κ1) is 12.7. The average molecular weight is 295 g/mol. The Labute approximate surface area is 136 Å². The summed E-state index contributed by atoms with van der Waals surface area (Å²) >= 11 is 0. The summed E-state index contributed by atoms with van der Waals surface area (Å²) in [7, 11) is 0. The minimum atomic E-state index is 0.305. The number of para-hydroxylation sites is 1. The van der Waals surface area contributed by atoms with Gasteiger partial charge in [-0.3, -0.25) is 0 Å². The molecular weight excluding hydrogens is 278 g/mol. The third kappa shape index (κ3) is 1.80. The van der Waals surface area contributed by atoms with Crippen LogP contribution in [0.3, 0.4) is 0 Å². The monoisotopic (exact) mass is 295 g/mol. The van der Waals surface area contributed by atoms with E-state index in [9.17, 15) is 0 Å². The standard InChI is InChI=1S/C22H17N/c1-2-9-17(10-3-1)23-20-13-7-6-12-19(20)22-18-11-5-4-8-16(18)14-15-21(22)23/h1-15,20-21H. The van der Waals surface area contributed by atoms with E-state index in [-0.39, 0.29) is 0 Å². The Kier molecular flexibility index (Phi) is 2.68. The van der Waals surface area contributed by atoms with Crippen LogP contribution in [0.1, 0.15) is 11.1 Å². The predicted octanol–water partition coefficient (Wildman–Crippen LogP) is 4.85. The Bertz CT molecular complexity index is 883. The first-order valence-corrected chi connectivity index (χ1v) is 8.13. The smallest absolute Gasteiger partial charge is 0.0749 e. The van der Waals surface area contributed by atoms with Crippen molar-refractivity contribution in [2.45, 2.75) is 12.1 Å². The van der Waals surface area contributed by atoms with Crippen molar-refractivity contribution in [1.29, 1.82) is 0 Å². The molecule has 1 heterocycles. The fourth-order valence-corrected chi connectivity index (χ4v) is 4.01. The van der Waals surface area contributed by atoms with Gasteiger partial charge in [0, 0.05) is 5.69 Å². The number of benzene rings is 2. The summed E-state index contributed by atoms with van der Waals surface area (Å²) in [6, 6.07) is 20.1. The number of allylic oxidation sites excluding steroid dienone is 2. The third-order valence-electron chi connectivity index (χ3n) is 4.97. The van der Waals surface area contributed by atoms with Crippen LogP contribution in [0.15, 0.2) is 90.6 Å². The Hall–Kier alpha value is -2.80. The first-order valence-electron chi connectivity index (χ1n) is 8.13. The second kappa shape index (κ2) is 4.85. The molecule has 5 rings (SSSR count). The van der Waals surface area contributed by atoms with Gasteiger partial charge in [-0.05, 0) is 34.4 Å². The van der Waals surface area contributed by atoms with Crippen LogP contribution in [-0.2, 0) is 0 Å². The molecule has 110 valence electrons. The molecule has 2 atom stereocenters. The molecule has 2 aromatic carbocycles. The van der Waals surface area contributed by atoms with Crippen molar-refractivity contribution in [2.24, 2.45) is 0 Å². The van der Waals surface area contributed by atoms with E-state index in [0.29, 0.717) is 12.1 Å². The zero-order valence-electron chi connectivity index (χ0n) is 12.8. The van der Waals surface area contributed by atoms with Crippen molar-refractivity contribution in [3.63, 3.8) is 0 Å². The molecule has 0 fully saturated rings. The molecule has 0 saturated carbocycles. The van der Waals surface area contributed by atoms with Crippen molar-refractivity contribution in [1.82, 2.24) is 0 Å². The number of hydrogen-bond donors (Lipinski definition) is 0. The molecule has 0 amide bonds. The van der Waals surface area contributed by atoms with Crippen molar-refractivity contribution < 1.29 is 0 Å². The quantitative estimate of drug-likeness (QED) is 0.727. The van der Waals surface area contributed by atoms with E-state index in [1.807, 2.05) is 0 Å². The number of rotatable bonds is 1. The lowest BCUT2D eigenvalue weighted by molar-refractivity contribution is 0.803. The Morgan fingerprint density at radius 3 is 2.43 bits per heavy atom. The molecule has 0 aromatic heterocycles. The predicted molar refractivity (Wildman–Crippen MR) is 97.2 cm³/mol. The molecule has 0 bridgehead atoms. The lowest BCUT2D eigenvalue weighted by atomic mass is 9.86. The Morgan fingerprint density at radius 1 is 0.696 bits per heavy atom. The first-order chi connectivity index (χ1) is 11.4. The Morgan fingerprint density at radius 2 is 1.52 bits per heavy atom. The molecule has 3 aliphatic rings. The maximum atomic E-state index is 2.52. The fourth-order valence-electron chi connectivity index (χ4n) is 4.01. The SMILES string of the molecule is C1=CC2=C3c4ccccc4C=CC3N(c3ccccc3)C2C=C1. The van der Waals surface area contributed by atoms with Gasteiger partial charge in [-0.15, -0.1) is 0 Å². The van der Waals surface area contributed by atoms with Gasteiger partial charge in [0.1, 0.15) is 0 Å². The molecule has 1 aliphatic heterocycles. The van der Waals surface area contributed by atoms with Gasteiger partial charge in [-0.1, -0.05) is 78.9 Å². The summed E-state index contributed by atoms with van der Waals surface area (Å²) in [6.45, 7) is 0. The van der Waals surface area contributed by atoms with Gasteiger partial charge in [-0.2, -0.15) is 0 Å². The third-order valence-corrected chi connectivity index (χ3v) is 4.97. The van der Waals surface area contributed by atoms with Crippen LogP contribution < -0.4 is 4.90 Å². The minimum absolute atomic E-state index is 0.305. The van der Waals surface area contributed by atoms with Crippen LogP contribution in [0.5, 0.6) is 0 Å². The Balaban J connectivity index is 1.74. The van der Waals surface area contributed by atoms with Crippen molar-refractivity contribution in [3.8, 4) is 0 Å². The summed E-state index contributed by atoms with van der Waals surface area (Å²) in [4.78, 5) is 2.52. The number of fused-ring (bicyclic) bond motifs is 4. The molecule has 23 heavy (non-hydrogen) atoms. The number of hydrogen-bond acceptors (Lipinski definition) is 1.